The number of methoxy groups -OCH3 is 1. The minimum Gasteiger partial charge on any atom is -0.496 e. The van der Waals surface area contributed by atoms with Gasteiger partial charge in [0.25, 0.3) is 5.56 Å². The summed E-state index contributed by atoms with van der Waals surface area (Å²) in [6, 6.07) is 14.1. The van der Waals surface area contributed by atoms with E-state index in [4.69, 9.17) is 16.3 Å². The van der Waals surface area contributed by atoms with Crippen molar-refractivity contribution in [2.45, 2.75) is 32.7 Å². The van der Waals surface area contributed by atoms with Crippen LogP contribution in [0.2, 0.25) is 5.02 Å². The van der Waals surface area contributed by atoms with Gasteiger partial charge in [0.15, 0.2) is 0 Å². The van der Waals surface area contributed by atoms with Gasteiger partial charge in [-0.25, -0.2) is 4.98 Å². The maximum absolute atomic E-state index is 12.9. The van der Waals surface area contributed by atoms with Crippen molar-refractivity contribution in [1.29, 1.82) is 0 Å². The van der Waals surface area contributed by atoms with Crippen LogP contribution in [0, 0.1) is 13.8 Å². The second kappa shape index (κ2) is 9.59. The molecule has 0 aliphatic carbocycles. The van der Waals surface area contributed by atoms with Crippen molar-refractivity contribution in [3.63, 3.8) is 0 Å². The Balaban J connectivity index is 1.85. The lowest BCUT2D eigenvalue weighted by atomic mass is 10.0. The van der Waals surface area contributed by atoms with Crippen molar-refractivity contribution in [1.82, 2.24) is 15.3 Å². The largest absolute Gasteiger partial charge is 0.496 e. The number of hydrogen-bond acceptors (Lipinski definition) is 4. The second-order valence-corrected chi connectivity index (χ2v) is 7.63. The predicted octanol–water partition coefficient (Wildman–Crippen LogP) is 3.69. The lowest BCUT2D eigenvalue weighted by Gasteiger charge is -2.20. The number of ether oxygens (including phenoxy) is 1. The van der Waals surface area contributed by atoms with Gasteiger partial charge >= 0.3 is 0 Å². The van der Waals surface area contributed by atoms with E-state index in [1.54, 1.807) is 26.2 Å². The molecular weight excluding hydrogens is 402 g/mol. The van der Waals surface area contributed by atoms with Gasteiger partial charge in [-0.3, -0.25) is 9.59 Å². The summed E-state index contributed by atoms with van der Waals surface area (Å²) >= 11 is 6.02. The number of carbonyl (C=O) groups is 1. The number of H-pyrrole nitrogens is 1. The molecule has 0 saturated carbocycles. The minimum atomic E-state index is -0.362. The molecule has 3 rings (SSSR count). The maximum Gasteiger partial charge on any atom is 0.251 e. The van der Waals surface area contributed by atoms with Gasteiger partial charge in [0.1, 0.15) is 11.6 Å². The standard InChI is InChI=1S/C23H24ClN3O3/c1-14-4-9-21(30-3)17(10-14)11-22(28)27-20(16-5-7-18(24)8-6-16)12-19-13-23(29)26-15(2)25-19/h4-10,13,20H,11-12H2,1-3H3,(H,27,28)(H,25,26,29). The van der Waals surface area contributed by atoms with Crippen molar-refractivity contribution in [3.8, 4) is 5.75 Å². The summed E-state index contributed by atoms with van der Waals surface area (Å²) < 4.78 is 5.38. The number of halogens is 1. The van der Waals surface area contributed by atoms with Gasteiger partial charge in [0.05, 0.1) is 25.3 Å². The third kappa shape index (κ3) is 5.70. The molecule has 0 aliphatic rings. The first-order valence-electron chi connectivity index (χ1n) is 9.59. The average molecular weight is 426 g/mol. The Bertz CT molecular complexity index is 1090. The van der Waals surface area contributed by atoms with E-state index >= 15 is 0 Å². The van der Waals surface area contributed by atoms with Crippen LogP contribution in [0.1, 0.15) is 34.3 Å². The fraction of sp³-hybridized carbons (Fsp3) is 0.261. The Kier molecular flexibility index (Phi) is 6.90. The van der Waals surface area contributed by atoms with Crippen LogP contribution >= 0.6 is 11.6 Å². The molecule has 2 aromatic carbocycles. The molecule has 0 saturated heterocycles. The fourth-order valence-electron chi connectivity index (χ4n) is 3.37. The molecule has 3 aromatic rings. The number of nitrogens with one attached hydrogen (secondary N) is 2. The summed E-state index contributed by atoms with van der Waals surface area (Å²) in [5, 5.41) is 3.68. The van der Waals surface area contributed by atoms with Gasteiger partial charge < -0.3 is 15.0 Å². The molecule has 0 spiro atoms. The van der Waals surface area contributed by atoms with E-state index < -0.39 is 0 Å². The molecular formula is C23H24ClN3O3. The Hall–Kier alpha value is -3.12. The van der Waals surface area contributed by atoms with E-state index in [9.17, 15) is 9.59 Å². The van der Waals surface area contributed by atoms with Crippen LogP contribution in [0.25, 0.3) is 0 Å². The van der Waals surface area contributed by atoms with E-state index in [1.165, 1.54) is 6.07 Å². The van der Waals surface area contributed by atoms with E-state index in [2.05, 4.69) is 15.3 Å². The van der Waals surface area contributed by atoms with Crippen LogP contribution in [-0.4, -0.2) is 23.0 Å². The number of hydrogen-bond donors (Lipinski definition) is 2. The first-order chi connectivity index (χ1) is 14.3. The normalized spacial score (nSPS) is 11.7. The van der Waals surface area contributed by atoms with Gasteiger partial charge in [-0.15, -0.1) is 0 Å². The molecule has 2 N–H and O–H groups in total. The summed E-state index contributed by atoms with van der Waals surface area (Å²) in [5.41, 5.74) is 3.13. The van der Waals surface area contributed by atoms with Crippen molar-refractivity contribution >= 4 is 17.5 Å². The summed E-state index contributed by atoms with van der Waals surface area (Å²) in [6.07, 6.45) is 0.555. The van der Waals surface area contributed by atoms with Crippen LogP contribution in [0.3, 0.4) is 0 Å². The van der Waals surface area contributed by atoms with Crippen molar-refractivity contribution in [3.05, 3.63) is 92.1 Å². The quantitative estimate of drug-likeness (QED) is 0.604. The average Bonchev–Trinajstić information content (AvgIpc) is 2.67. The van der Waals surface area contributed by atoms with Crippen LogP contribution in [0.4, 0.5) is 0 Å². The smallest absolute Gasteiger partial charge is 0.251 e. The molecule has 1 unspecified atom stereocenters. The Morgan fingerprint density at radius 1 is 1.17 bits per heavy atom. The van der Waals surface area contributed by atoms with Gasteiger partial charge in [0.2, 0.25) is 5.91 Å². The van der Waals surface area contributed by atoms with E-state index in [0.29, 0.717) is 28.7 Å². The number of aromatic nitrogens is 2. The zero-order valence-electron chi connectivity index (χ0n) is 17.2. The number of aryl methyl sites for hydroxylation is 2. The van der Waals surface area contributed by atoms with E-state index in [1.807, 2.05) is 37.3 Å². The molecule has 30 heavy (non-hydrogen) atoms. The molecule has 156 valence electrons. The van der Waals surface area contributed by atoms with Gasteiger partial charge in [-0.2, -0.15) is 0 Å². The molecule has 7 heteroatoms. The molecule has 1 atom stereocenters. The molecule has 6 nitrogen and oxygen atoms in total. The molecule has 1 amide bonds. The number of amides is 1. The number of benzene rings is 2. The fourth-order valence-corrected chi connectivity index (χ4v) is 3.49. The highest BCUT2D eigenvalue weighted by Gasteiger charge is 2.18. The summed E-state index contributed by atoms with van der Waals surface area (Å²) in [4.78, 5) is 31.7. The minimum absolute atomic E-state index is 0.152. The lowest BCUT2D eigenvalue weighted by Crippen LogP contribution is -2.32. The van der Waals surface area contributed by atoms with Gasteiger partial charge in [0, 0.05) is 23.1 Å². The van der Waals surface area contributed by atoms with Crippen LogP contribution in [0.15, 0.2) is 53.3 Å². The molecule has 0 bridgehead atoms. The Labute approximate surface area is 180 Å². The number of rotatable bonds is 7. The monoisotopic (exact) mass is 425 g/mol. The number of carbonyl (C=O) groups excluding carboxylic acids is 1. The summed E-state index contributed by atoms with van der Waals surface area (Å²) in [7, 11) is 1.59. The summed E-state index contributed by atoms with van der Waals surface area (Å²) in [6.45, 7) is 3.70. The van der Waals surface area contributed by atoms with Crippen LogP contribution in [0.5, 0.6) is 5.75 Å². The lowest BCUT2D eigenvalue weighted by molar-refractivity contribution is -0.121. The number of aromatic amines is 1. The molecule has 1 heterocycles. The van der Waals surface area contributed by atoms with Crippen molar-refractivity contribution in [2.75, 3.05) is 7.11 Å². The van der Waals surface area contributed by atoms with E-state index in [-0.39, 0.29) is 23.9 Å². The van der Waals surface area contributed by atoms with Crippen molar-refractivity contribution in [2.24, 2.45) is 0 Å². The molecule has 0 radical (unpaired) electrons. The second-order valence-electron chi connectivity index (χ2n) is 7.19. The Morgan fingerprint density at radius 2 is 1.90 bits per heavy atom. The zero-order chi connectivity index (χ0) is 21.7. The van der Waals surface area contributed by atoms with Crippen LogP contribution < -0.4 is 15.6 Å². The van der Waals surface area contributed by atoms with Gasteiger partial charge in [-0.1, -0.05) is 41.4 Å². The third-order valence-corrected chi connectivity index (χ3v) is 4.97. The summed E-state index contributed by atoms with van der Waals surface area (Å²) in [5.74, 6) is 1.05. The highest BCUT2D eigenvalue weighted by atomic mass is 35.5. The SMILES string of the molecule is COc1ccc(C)cc1CC(=O)NC(Cc1cc(=O)[nH]c(C)n1)c1ccc(Cl)cc1. The molecule has 0 aliphatic heterocycles. The molecule has 1 aromatic heterocycles. The predicted molar refractivity (Wildman–Crippen MR) is 117 cm³/mol. The third-order valence-electron chi connectivity index (χ3n) is 4.72. The highest BCUT2D eigenvalue weighted by Crippen LogP contribution is 2.23. The Morgan fingerprint density at radius 3 is 2.57 bits per heavy atom. The maximum atomic E-state index is 12.9. The first kappa shape index (κ1) is 21.6. The number of nitrogens with zero attached hydrogens (tertiary/aromatic N) is 1. The van der Waals surface area contributed by atoms with Crippen molar-refractivity contribution < 1.29 is 9.53 Å². The van der Waals surface area contributed by atoms with E-state index in [0.717, 1.165) is 16.7 Å². The van der Waals surface area contributed by atoms with Gasteiger partial charge in [-0.05, 0) is 37.6 Å². The highest BCUT2D eigenvalue weighted by molar-refractivity contribution is 6.30. The van der Waals surface area contributed by atoms with Crippen LogP contribution in [-0.2, 0) is 17.6 Å². The first-order valence-corrected chi connectivity index (χ1v) is 9.97. The topological polar surface area (TPSA) is 84.1 Å². The zero-order valence-corrected chi connectivity index (χ0v) is 17.9. The molecule has 0 fully saturated rings.